The zero-order valence-corrected chi connectivity index (χ0v) is 9.05. The highest BCUT2D eigenvalue weighted by atomic mass is 32.2. The minimum absolute atomic E-state index is 0.400. The molecule has 1 unspecified atom stereocenters. The molecule has 0 bridgehead atoms. The van der Waals surface area contributed by atoms with Crippen LogP contribution in [0.1, 0.15) is 25.0 Å². The van der Waals surface area contributed by atoms with Gasteiger partial charge in [-0.2, -0.15) is 0 Å². The Balaban J connectivity index is 2.60. The topological polar surface area (TPSA) is 20.2 Å². The molecule has 74 valence electrons. The van der Waals surface area contributed by atoms with Crippen molar-refractivity contribution >= 4 is 11.8 Å². The van der Waals surface area contributed by atoms with Crippen molar-refractivity contribution in [2.75, 3.05) is 5.75 Å². The summed E-state index contributed by atoms with van der Waals surface area (Å²) < 4.78 is 0. The molecule has 14 heavy (non-hydrogen) atoms. The Morgan fingerprint density at radius 3 is 3.00 bits per heavy atom. The molecule has 1 atom stereocenters. The molecular weight excluding hydrogens is 192 g/mol. The van der Waals surface area contributed by atoms with Crippen LogP contribution in [0.4, 0.5) is 0 Å². The second-order valence-electron chi connectivity index (χ2n) is 3.05. The molecule has 1 N–H and O–H groups in total. The predicted octanol–water partition coefficient (Wildman–Crippen LogP) is 2.86. The Kier molecular flexibility index (Phi) is 4.58. The van der Waals surface area contributed by atoms with E-state index in [9.17, 15) is 5.11 Å². The number of aliphatic hydroxyl groups excluding tert-OH is 1. The molecule has 0 amide bonds. The lowest BCUT2D eigenvalue weighted by Crippen LogP contribution is -1.90. The fourth-order valence-electron chi connectivity index (χ4n) is 1.09. The molecule has 0 radical (unpaired) electrons. The highest BCUT2D eigenvalue weighted by Gasteiger charge is 2.01. The first kappa shape index (κ1) is 11.2. The second-order valence-corrected chi connectivity index (χ2v) is 4.22. The van der Waals surface area contributed by atoms with Crippen molar-refractivity contribution < 1.29 is 5.11 Å². The van der Waals surface area contributed by atoms with E-state index in [-0.39, 0.29) is 0 Å². The molecule has 0 aliphatic carbocycles. The van der Waals surface area contributed by atoms with E-state index < -0.39 is 6.10 Å². The third-order valence-corrected chi connectivity index (χ3v) is 2.85. The monoisotopic (exact) mass is 206 g/mol. The summed E-state index contributed by atoms with van der Waals surface area (Å²) in [5.41, 5.74) is 0.954. The molecule has 0 aliphatic heterocycles. The van der Waals surface area contributed by atoms with Crippen LogP contribution in [0.15, 0.2) is 29.2 Å². The fraction of sp³-hybridized carbons (Fsp3) is 0.333. The molecule has 1 nitrogen and oxygen atoms in total. The van der Waals surface area contributed by atoms with E-state index in [1.807, 2.05) is 24.3 Å². The van der Waals surface area contributed by atoms with E-state index in [2.05, 4.69) is 5.92 Å². The van der Waals surface area contributed by atoms with Gasteiger partial charge >= 0.3 is 0 Å². The van der Waals surface area contributed by atoms with Gasteiger partial charge in [-0.15, -0.1) is 24.1 Å². The number of benzene rings is 1. The highest BCUT2D eigenvalue weighted by Crippen LogP contribution is 2.22. The fourth-order valence-corrected chi connectivity index (χ4v) is 1.94. The minimum Gasteiger partial charge on any atom is -0.389 e. The first-order valence-corrected chi connectivity index (χ1v) is 5.57. The normalized spacial score (nSPS) is 12.1. The number of hydrogen-bond acceptors (Lipinski definition) is 2. The van der Waals surface area contributed by atoms with E-state index in [0.717, 1.165) is 17.7 Å². The summed E-state index contributed by atoms with van der Waals surface area (Å²) in [4.78, 5) is 1.17. The summed E-state index contributed by atoms with van der Waals surface area (Å²) in [6, 6.07) is 7.93. The van der Waals surface area contributed by atoms with E-state index in [0.29, 0.717) is 0 Å². The zero-order chi connectivity index (χ0) is 10.4. The SMILES string of the molecule is C#CCCSc1cccc(C(C)O)c1. The number of thioether (sulfide) groups is 1. The standard InChI is InChI=1S/C12H14OS/c1-3-4-8-14-12-7-5-6-11(9-12)10(2)13/h1,5-7,9-10,13H,4,8H2,2H3. The van der Waals surface area contributed by atoms with Gasteiger partial charge in [0.05, 0.1) is 6.10 Å². The van der Waals surface area contributed by atoms with Crippen molar-refractivity contribution in [3.8, 4) is 12.3 Å². The van der Waals surface area contributed by atoms with Gasteiger partial charge in [-0.3, -0.25) is 0 Å². The van der Waals surface area contributed by atoms with Crippen LogP contribution in [-0.4, -0.2) is 10.9 Å². The van der Waals surface area contributed by atoms with Crippen LogP contribution < -0.4 is 0 Å². The minimum atomic E-state index is -0.400. The smallest absolute Gasteiger partial charge is 0.0762 e. The molecule has 1 aromatic carbocycles. The largest absolute Gasteiger partial charge is 0.389 e. The molecule has 0 spiro atoms. The first-order chi connectivity index (χ1) is 6.74. The number of aliphatic hydroxyl groups is 1. The van der Waals surface area contributed by atoms with E-state index in [1.54, 1.807) is 18.7 Å². The van der Waals surface area contributed by atoms with E-state index in [1.165, 1.54) is 4.90 Å². The molecule has 1 rings (SSSR count). The van der Waals surface area contributed by atoms with Crippen molar-refractivity contribution in [3.63, 3.8) is 0 Å². The number of terminal acetylenes is 1. The lowest BCUT2D eigenvalue weighted by atomic mass is 10.1. The van der Waals surface area contributed by atoms with Gasteiger partial charge in [-0.1, -0.05) is 12.1 Å². The Bertz CT molecular complexity index is 325. The summed E-state index contributed by atoms with van der Waals surface area (Å²) in [5, 5.41) is 9.38. The predicted molar refractivity (Wildman–Crippen MR) is 61.2 cm³/mol. The quantitative estimate of drug-likeness (QED) is 0.464. The maximum absolute atomic E-state index is 9.38. The van der Waals surface area contributed by atoms with Gasteiger partial charge in [0, 0.05) is 17.1 Å². The average Bonchev–Trinajstić information content (AvgIpc) is 2.19. The van der Waals surface area contributed by atoms with Gasteiger partial charge in [-0.25, -0.2) is 0 Å². The molecule has 2 heteroatoms. The van der Waals surface area contributed by atoms with Crippen LogP contribution >= 0.6 is 11.8 Å². The lowest BCUT2D eigenvalue weighted by molar-refractivity contribution is 0.199. The first-order valence-electron chi connectivity index (χ1n) is 4.58. The summed E-state index contributed by atoms with van der Waals surface area (Å²) >= 11 is 1.72. The molecule has 0 fully saturated rings. The van der Waals surface area contributed by atoms with Crippen molar-refractivity contribution in [3.05, 3.63) is 29.8 Å². The van der Waals surface area contributed by atoms with Gasteiger partial charge in [0.15, 0.2) is 0 Å². The van der Waals surface area contributed by atoms with Crippen molar-refractivity contribution in [1.82, 2.24) is 0 Å². The Morgan fingerprint density at radius 2 is 2.36 bits per heavy atom. The van der Waals surface area contributed by atoms with Crippen molar-refractivity contribution in [2.45, 2.75) is 24.3 Å². The summed E-state index contributed by atoms with van der Waals surface area (Å²) in [6.45, 7) is 1.77. The van der Waals surface area contributed by atoms with Gasteiger partial charge in [-0.05, 0) is 24.6 Å². The molecule has 1 aromatic rings. The van der Waals surface area contributed by atoms with Gasteiger partial charge < -0.3 is 5.11 Å². The number of hydrogen-bond donors (Lipinski definition) is 1. The summed E-state index contributed by atoms with van der Waals surface area (Å²) in [7, 11) is 0. The second kappa shape index (κ2) is 5.74. The summed E-state index contributed by atoms with van der Waals surface area (Å²) in [6.07, 6.45) is 5.55. The van der Waals surface area contributed by atoms with Gasteiger partial charge in [0.25, 0.3) is 0 Å². The maximum atomic E-state index is 9.38. The zero-order valence-electron chi connectivity index (χ0n) is 8.23. The van der Waals surface area contributed by atoms with Crippen LogP contribution in [0.3, 0.4) is 0 Å². The van der Waals surface area contributed by atoms with E-state index >= 15 is 0 Å². The van der Waals surface area contributed by atoms with Crippen LogP contribution in [0.2, 0.25) is 0 Å². The van der Waals surface area contributed by atoms with Gasteiger partial charge in [0.1, 0.15) is 0 Å². The Labute approximate surface area is 89.5 Å². The molecule has 0 saturated carbocycles. The highest BCUT2D eigenvalue weighted by molar-refractivity contribution is 7.99. The van der Waals surface area contributed by atoms with E-state index in [4.69, 9.17) is 6.42 Å². The van der Waals surface area contributed by atoms with Crippen LogP contribution in [0.5, 0.6) is 0 Å². The van der Waals surface area contributed by atoms with Crippen molar-refractivity contribution in [1.29, 1.82) is 0 Å². The Morgan fingerprint density at radius 1 is 1.57 bits per heavy atom. The average molecular weight is 206 g/mol. The van der Waals surface area contributed by atoms with Gasteiger partial charge in [0.2, 0.25) is 0 Å². The summed E-state index contributed by atoms with van der Waals surface area (Å²) in [5.74, 6) is 3.54. The van der Waals surface area contributed by atoms with Crippen LogP contribution in [-0.2, 0) is 0 Å². The van der Waals surface area contributed by atoms with Crippen LogP contribution in [0.25, 0.3) is 0 Å². The molecular formula is C12H14OS. The maximum Gasteiger partial charge on any atom is 0.0762 e. The Hall–Kier alpha value is -0.910. The third kappa shape index (κ3) is 3.45. The molecule has 0 aromatic heterocycles. The molecule has 0 aliphatic rings. The number of rotatable bonds is 4. The van der Waals surface area contributed by atoms with Crippen molar-refractivity contribution in [2.24, 2.45) is 0 Å². The third-order valence-electron chi connectivity index (χ3n) is 1.86. The molecule has 0 heterocycles. The molecule has 0 saturated heterocycles. The van der Waals surface area contributed by atoms with Crippen LogP contribution in [0, 0.1) is 12.3 Å². The lowest BCUT2D eigenvalue weighted by Gasteiger charge is -2.06.